The monoisotopic (exact) mass is 351 g/mol. The van der Waals surface area contributed by atoms with Crippen LogP contribution in [0.25, 0.3) is 11.1 Å². The number of amides is 1. The molecule has 2 aromatic carbocycles. The summed E-state index contributed by atoms with van der Waals surface area (Å²) in [5, 5.41) is 9.15. The third kappa shape index (κ3) is 3.99. The smallest absolute Gasteiger partial charge is 0.326 e. The number of carboxylic acids is 1. The van der Waals surface area contributed by atoms with Gasteiger partial charge in [0.15, 0.2) is 5.78 Å². The van der Waals surface area contributed by atoms with Crippen LogP contribution in [-0.2, 0) is 9.59 Å². The summed E-state index contributed by atoms with van der Waals surface area (Å²) in [4.78, 5) is 37.1. The van der Waals surface area contributed by atoms with Crippen molar-refractivity contribution in [2.45, 2.75) is 31.7 Å². The Kier molecular flexibility index (Phi) is 5.46. The molecule has 3 rings (SSSR count). The Bertz CT molecular complexity index is 799. The van der Waals surface area contributed by atoms with E-state index in [-0.39, 0.29) is 24.5 Å². The summed E-state index contributed by atoms with van der Waals surface area (Å²) < 4.78 is 0. The van der Waals surface area contributed by atoms with Crippen LogP contribution in [0.1, 0.15) is 36.0 Å². The SMILES string of the molecule is O=C(CCC(=O)N1CCC[C@@H]1C(=O)O)c1ccc(-c2ccccc2)cc1. The van der Waals surface area contributed by atoms with E-state index >= 15 is 0 Å². The highest BCUT2D eigenvalue weighted by Crippen LogP contribution is 2.21. The van der Waals surface area contributed by atoms with Crippen LogP contribution < -0.4 is 0 Å². The number of likely N-dealkylation sites (tertiary alicyclic amines) is 1. The van der Waals surface area contributed by atoms with Crippen molar-refractivity contribution in [2.75, 3.05) is 6.54 Å². The molecular weight excluding hydrogens is 330 g/mol. The molecule has 1 heterocycles. The van der Waals surface area contributed by atoms with Gasteiger partial charge in [-0.05, 0) is 24.0 Å². The normalized spacial score (nSPS) is 16.5. The van der Waals surface area contributed by atoms with Gasteiger partial charge in [0, 0.05) is 24.9 Å². The maximum atomic E-state index is 12.3. The van der Waals surface area contributed by atoms with Crippen LogP contribution in [0.15, 0.2) is 54.6 Å². The van der Waals surface area contributed by atoms with E-state index in [2.05, 4.69) is 0 Å². The first-order chi connectivity index (χ1) is 12.6. The fourth-order valence-corrected chi connectivity index (χ4v) is 3.31. The number of Topliss-reactive ketones (excluding diaryl/α,β-unsaturated/α-hetero) is 1. The van der Waals surface area contributed by atoms with Gasteiger partial charge >= 0.3 is 5.97 Å². The van der Waals surface area contributed by atoms with Gasteiger partial charge in [0.2, 0.25) is 5.91 Å². The highest BCUT2D eigenvalue weighted by Gasteiger charge is 2.33. The van der Waals surface area contributed by atoms with E-state index in [1.807, 2.05) is 42.5 Å². The van der Waals surface area contributed by atoms with Crippen LogP contribution in [0.3, 0.4) is 0 Å². The van der Waals surface area contributed by atoms with E-state index < -0.39 is 12.0 Å². The predicted octanol–water partition coefficient (Wildman–Crippen LogP) is 3.39. The quantitative estimate of drug-likeness (QED) is 0.810. The molecule has 0 spiro atoms. The van der Waals surface area contributed by atoms with Crippen LogP contribution in [0.5, 0.6) is 0 Å². The molecule has 134 valence electrons. The van der Waals surface area contributed by atoms with Crippen molar-refractivity contribution in [3.8, 4) is 11.1 Å². The van der Waals surface area contributed by atoms with Gasteiger partial charge in [-0.15, -0.1) is 0 Å². The molecule has 0 aliphatic carbocycles. The minimum atomic E-state index is -0.973. The summed E-state index contributed by atoms with van der Waals surface area (Å²) in [6, 6.07) is 16.5. The maximum Gasteiger partial charge on any atom is 0.326 e. The number of aliphatic carboxylic acids is 1. The number of hydrogen-bond acceptors (Lipinski definition) is 3. The number of rotatable bonds is 6. The zero-order chi connectivity index (χ0) is 18.5. The molecule has 2 aromatic rings. The van der Waals surface area contributed by atoms with Crippen molar-refractivity contribution in [1.82, 2.24) is 4.90 Å². The molecule has 26 heavy (non-hydrogen) atoms. The lowest BCUT2D eigenvalue weighted by Crippen LogP contribution is -2.40. The van der Waals surface area contributed by atoms with Gasteiger partial charge in [0.05, 0.1) is 0 Å². The van der Waals surface area contributed by atoms with Crippen molar-refractivity contribution in [1.29, 1.82) is 0 Å². The van der Waals surface area contributed by atoms with Gasteiger partial charge in [-0.3, -0.25) is 9.59 Å². The Hall–Kier alpha value is -2.95. The van der Waals surface area contributed by atoms with E-state index in [1.165, 1.54) is 4.90 Å². The zero-order valence-electron chi connectivity index (χ0n) is 14.4. The average molecular weight is 351 g/mol. The van der Waals surface area contributed by atoms with Crippen LogP contribution in [0, 0.1) is 0 Å². The third-order valence-corrected chi connectivity index (χ3v) is 4.74. The Labute approximate surface area is 152 Å². The second-order valence-electron chi connectivity index (χ2n) is 6.45. The molecule has 0 unspecified atom stereocenters. The lowest BCUT2D eigenvalue weighted by molar-refractivity contribution is -0.148. The molecule has 1 aliphatic rings. The van der Waals surface area contributed by atoms with E-state index in [0.717, 1.165) is 11.1 Å². The van der Waals surface area contributed by atoms with Crippen molar-refractivity contribution < 1.29 is 19.5 Å². The van der Waals surface area contributed by atoms with Gasteiger partial charge in [-0.25, -0.2) is 4.79 Å². The summed E-state index contributed by atoms with van der Waals surface area (Å²) in [6.07, 6.45) is 1.31. The summed E-state index contributed by atoms with van der Waals surface area (Å²) >= 11 is 0. The molecule has 1 aliphatic heterocycles. The minimum absolute atomic E-state index is 0.0447. The first-order valence-corrected chi connectivity index (χ1v) is 8.77. The van der Waals surface area contributed by atoms with Crippen molar-refractivity contribution in [3.63, 3.8) is 0 Å². The second kappa shape index (κ2) is 7.95. The zero-order valence-corrected chi connectivity index (χ0v) is 14.4. The first kappa shape index (κ1) is 17.9. The molecule has 0 aromatic heterocycles. The Morgan fingerprint density at radius 3 is 2.23 bits per heavy atom. The van der Waals surface area contributed by atoms with Crippen molar-refractivity contribution in [2.24, 2.45) is 0 Å². The summed E-state index contributed by atoms with van der Waals surface area (Å²) in [5.41, 5.74) is 2.67. The van der Waals surface area contributed by atoms with E-state index in [0.29, 0.717) is 24.9 Å². The van der Waals surface area contributed by atoms with Gasteiger partial charge in [0.1, 0.15) is 6.04 Å². The Morgan fingerprint density at radius 2 is 1.58 bits per heavy atom. The Balaban J connectivity index is 1.58. The largest absolute Gasteiger partial charge is 0.480 e. The van der Waals surface area contributed by atoms with Crippen LogP contribution in [0.2, 0.25) is 0 Å². The van der Waals surface area contributed by atoms with Crippen LogP contribution in [0.4, 0.5) is 0 Å². The standard InChI is InChI=1S/C21H21NO4/c23-19(12-13-20(24)22-14-4-7-18(22)21(25)26)17-10-8-16(9-11-17)15-5-2-1-3-6-15/h1-3,5-6,8-11,18H,4,7,12-14H2,(H,25,26)/t18-/m1/s1. The molecular formula is C21H21NO4. The van der Waals surface area contributed by atoms with E-state index in [1.54, 1.807) is 12.1 Å². The van der Waals surface area contributed by atoms with Gasteiger partial charge in [0.25, 0.3) is 0 Å². The van der Waals surface area contributed by atoms with Gasteiger partial charge < -0.3 is 10.0 Å². The van der Waals surface area contributed by atoms with Crippen molar-refractivity contribution >= 4 is 17.7 Å². The molecule has 5 heteroatoms. The van der Waals surface area contributed by atoms with Gasteiger partial charge in [-0.1, -0.05) is 54.6 Å². The topological polar surface area (TPSA) is 74.7 Å². The minimum Gasteiger partial charge on any atom is -0.480 e. The third-order valence-electron chi connectivity index (χ3n) is 4.74. The van der Waals surface area contributed by atoms with E-state index in [4.69, 9.17) is 5.11 Å². The second-order valence-corrected chi connectivity index (χ2v) is 6.45. The number of carbonyl (C=O) groups is 3. The molecule has 0 saturated carbocycles. The maximum absolute atomic E-state index is 12.3. The molecule has 1 atom stereocenters. The van der Waals surface area contributed by atoms with Crippen LogP contribution in [-0.4, -0.2) is 40.3 Å². The van der Waals surface area contributed by atoms with E-state index in [9.17, 15) is 14.4 Å². The summed E-state index contributed by atoms with van der Waals surface area (Å²) in [5.74, 6) is -1.34. The molecule has 1 amide bonds. The highest BCUT2D eigenvalue weighted by atomic mass is 16.4. The molecule has 0 radical (unpaired) electrons. The lowest BCUT2D eigenvalue weighted by Gasteiger charge is -2.21. The lowest BCUT2D eigenvalue weighted by atomic mass is 10.0. The number of carboxylic acid groups (broad SMARTS) is 1. The molecule has 1 saturated heterocycles. The number of nitrogens with zero attached hydrogens (tertiary/aromatic N) is 1. The fraction of sp³-hybridized carbons (Fsp3) is 0.286. The summed E-state index contributed by atoms with van der Waals surface area (Å²) in [7, 11) is 0. The number of ketones is 1. The fourth-order valence-electron chi connectivity index (χ4n) is 3.31. The molecule has 1 fully saturated rings. The number of carbonyl (C=O) groups excluding carboxylic acids is 2. The summed E-state index contributed by atoms with van der Waals surface area (Å²) in [6.45, 7) is 0.454. The molecule has 1 N–H and O–H groups in total. The van der Waals surface area contributed by atoms with Gasteiger partial charge in [-0.2, -0.15) is 0 Å². The van der Waals surface area contributed by atoms with Crippen molar-refractivity contribution in [3.05, 3.63) is 60.2 Å². The van der Waals surface area contributed by atoms with Crippen LogP contribution >= 0.6 is 0 Å². The first-order valence-electron chi connectivity index (χ1n) is 8.77. The Morgan fingerprint density at radius 1 is 0.923 bits per heavy atom. The highest BCUT2D eigenvalue weighted by molar-refractivity contribution is 5.98. The average Bonchev–Trinajstić information content (AvgIpc) is 3.17. The predicted molar refractivity (Wildman–Crippen MR) is 97.8 cm³/mol. The molecule has 5 nitrogen and oxygen atoms in total. The number of hydrogen-bond donors (Lipinski definition) is 1. The molecule has 0 bridgehead atoms. The number of benzene rings is 2.